The molecule has 7 nitrogen and oxygen atoms in total. The lowest BCUT2D eigenvalue weighted by Gasteiger charge is -2.21. The number of ether oxygens (including phenoxy) is 3. The van der Waals surface area contributed by atoms with Crippen LogP contribution in [0.2, 0.25) is 0 Å². The number of carbonyl (C=O) groups is 2. The molecule has 0 aliphatic carbocycles. The van der Waals surface area contributed by atoms with Gasteiger partial charge in [-0.05, 0) is 60.9 Å². The average Bonchev–Trinajstić information content (AvgIpc) is 2.89. The molecule has 10 heteroatoms. The number of carbonyl (C=O) groups excluding carboxylic acids is 2. The highest BCUT2D eigenvalue weighted by Gasteiger charge is 2.31. The number of amides is 1. The summed E-state index contributed by atoms with van der Waals surface area (Å²) in [6.45, 7) is 3.76. The minimum absolute atomic E-state index is 0.0371. The minimum atomic E-state index is -4.59. The van der Waals surface area contributed by atoms with E-state index in [1.807, 2.05) is 18.3 Å². The molecule has 0 spiro atoms. The molecule has 0 unspecified atom stereocenters. The number of hydrogen-bond acceptors (Lipinski definition) is 6. The monoisotopic (exact) mass is 530 g/mol. The van der Waals surface area contributed by atoms with Gasteiger partial charge < -0.3 is 14.2 Å². The van der Waals surface area contributed by atoms with Crippen LogP contribution in [0.4, 0.5) is 18.0 Å². The van der Waals surface area contributed by atoms with E-state index in [4.69, 9.17) is 14.2 Å². The molecule has 3 rings (SSSR count). The fraction of sp³-hybridized carbons (Fsp3) is 0.321. The second-order valence-corrected chi connectivity index (χ2v) is 8.31. The molecular weight excluding hydrogens is 501 g/mol. The zero-order valence-corrected chi connectivity index (χ0v) is 21.2. The van der Waals surface area contributed by atoms with Crippen LogP contribution in [0.5, 0.6) is 11.5 Å². The zero-order valence-electron chi connectivity index (χ0n) is 21.2. The van der Waals surface area contributed by atoms with E-state index in [1.165, 1.54) is 11.6 Å². The summed E-state index contributed by atoms with van der Waals surface area (Å²) in [5.74, 6) is -0.349. The summed E-state index contributed by atoms with van der Waals surface area (Å²) in [6, 6.07) is 14.9. The van der Waals surface area contributed by atoms with Gasteiger partial charge in [-0.15, -0.1) is 0 Å². The van der Waals surface area contributed by atoms with E-state index >= 15 is 0 Å². The largest absolute Gasteiger partial charge is 0.493 e. The Morgan fingerprint density at radius 3 is 2.32 bits per heavy atom. The molecule has 202 valence electrons. The van der Waals surface area contributed by atoms with Crippen LogP contribution >= 0.6 is 0 Å². The van der Waals surface area contributed by atoms with Crippen LogP contribution in [0.3, 0.4) is 0 Å². The first-order chi connectivity index (χ1) is 18.2. The summed E-state index contributed by atoms with van der Waals surface area (Å²) in [4.78, 5) is 30.3. The van der Waals surface area contributed by atoms with Gasteiger partial charge in [0.15, 0.2) is 0 Å². The third-order valence-electron chi connectivity index (χ3n) is 5.47. The molecule has 0 radical (unpaired) electrons. The maximum Gasteiger partial charge on any atom is 0.416 e. The van der Waals surface area contributed by atoms with Crippen molar-refractivity contribution in [3.8, 4) is 11.5 Å². The van der Waals surface area contributed by atoms with Crippen molar-refractivity contribution in [2.75, 3.05) is 19.8 Å². The topological polar surface area (TPSA) is 78.0 Å². The number of pyridine rings is 1. The molecule has 1 amide bonds. The highest BCUT2D eigenvalue weighted by Crippen LogP contribution is 2.31. The zero-order chi connectivity index (χ0) is 27.5. The summed E-state index contributed by atoms with van der Waals surface area (Å²) in [5.41, 5.74) is 1.79. The third kappa shape index (κ3) is 8.79. The maximum atomic E-state index is 13.0. The first-order valence-corrected chi connectivity index (χ1v) is 12.1. The Morgan fingerprint density at radius 1 is 0.947 bits per heavy atom. The van der Waals surface area contributed by atoms with Crippen molar-refractivity contribution in [2.24, 2.45) is 0 Å². The Kier molecular flexibility index (Phi) is 10.1. The van der Waals surface area contributed by atoms with Crippen LogP contribution < -0.4 is 9.47 Å². The quantitative estimate of drug-likeness (QED) is 0.290. The van der Waals surface area contributed by atoms with Crippen molar-refractivity contribution in [1.29, 1.82) is 0 Å². The Labute approximate surface area is 219 Å². The predicted molar refractivity (Wildman–Crippen MR) is 134 cm³/mol. The number of nitrogens with zero attached hydrogens (tertiary/aromatic N) is 2. The van der Waals surface area contributed by atoms with Gasteiger partial charge in [0, 0.05) is 24.9 Å². The fourth-order valence-electron chi connectivity index (χ4n) is 3.45. The van der Waals surface area contributed by atoms with Crippen molar-refractivity contribution in [3.63, 3.8) is 0 Å². The van der Waals surface area contributed by atoms with E-state index in [0.717, 1.165) is 35.2 Å². The van der Waals surface area contributed by atoms with Crippen LogP contribution in [0.15, 0.2) is 66.9 Å². The Hall–Kier alpha value is -4.08. The number of alkyl halides is 3. The fourth-order valence-corrected chi connectivity index (χ4v) is 3.45. The molecule has 0 aliphatic rings. The lowest BCUT2D eigenvalue weighted by Crippen LogP contribution is -2.38. The minimum Gasteiger partial charge on any atom is -0.493 e. The smallest absolute Gasteiger partial charge is 0.416 e. The number of hydrogen-bond donors (Lipinski definition) is 0. The third-order valence-corrected chi connectivity index (χ3v) is 5.47. The van der Waals surface area contributed by atoms with Gasteiger partial charge in [0.2, 0.25) is 0 Å². The van der Waals surface area contributed by atoms with E-state index in [-0.39, 0.29) is 18.9 Å². The van der Waals surface area contributed by atoms with Crippen LogP contribution in [-0.4, -0.2) is 41.7 Å². The summed E-state index contributed by atoms with van der Waals surface area (Å²) in [7, 11) is 0. The van der Waals surface area contributed by atoms with E-state index in [2.05, 4.69) is 11.9 Å². The number of esters is 1. The molecule has 3 aromatic rings. The Bertz CT molecular complexity index is 1200. The first kappa shape index (κ1) is 28.5. The van der Waals surface area contributed by atoms with Gasteiger partial charge >= 0.3 is 18.2 Å². The number of aromatic nitrogens is 1. The predicted octanol–water partition coefficient (Wildman–Crippen LogP) is 5.85. The molecule has 2 aromatic carbocycles. The van der Waals surface area contributed by atoms with Crippen LogP contribution in [0.1, 0.15) is 36.2 Å². The molecule has 0 aliphatic heterocycles. The van der Waals surface area contributed by atoms with E-state index in [9.17, 15) is 22.8 Å². The highest BCUT2D eigenvalue weighted by molar-refractivity contribution is 5.79. The molecule has 0 N–H and O–H groups in total. The lowest BCUT2D eigenvalue weighted by molar-refractivity contribution is -0.144. The van der Waals surface area contributed by atoms with Gasteiger partial charge in [-0.25, -0.2) is 4.79 Å². The molecule has 1 heterocycles. The first-order valence-electron chi connectivity index (χ1n) is 12.1. The highest BCUT2D eigenvalue weighted by atomic mass is 19.4. The van der Waals surface area contributed by atoms with E-state index in [0.29, 0.717) is 24.3 Å². The molecule has 0 atom stereocenters. The van der Waals surface area contributed by atoms with E-state index in [1.54, 1.807) is 31.2 Å². The summed E-state index contributed by atoms with van der Waals surface area (Å²) in [6.07, 6.45) is -2.16. The van der Waals surface area contributed by atoms with E-state index < -0.39 is 30.3 Å². The average molecular weight is 531 g/mol. The van der Waals surface area contributed by atoms with Gasteiger partial charge in [0.1, 0.15) is 18.0 Å². The SMILES string of the molecule is CCOC(=O)CN(Cc1ccc(OCCc2ccc(CC)cn2)cc1)C(=O)Oc1cccc(C(F)(F)F)c1. The molecule has 0 saturated carbocycles. The lowest BCUT2D eigenvalue weighted by atomic mass is 10.2. The van der Waals surface area contributed by atoms with Crippen LogP contribution in [0, 0.1) is 0 Å². The summed E-state index contributed by atoms with van der Waals surface area (Å²) in [5, 5.41) is 0. The molecule has 0 fully saturated rings. The normalized spacial score (nSPS) is 11.1. The maximum absolute atomic E-state index is 13.0. The number of aryl methyl sites for hydroxylation is 1. The molecule has 1 aromatic heterocycles. The van der Waals surface area contributed by atoms with Gasteiger partial charge in [0.25, 0.3) is 0 Å². The second-order valence-electron chi connectivity index (χ2n) is 8.31. The van der Waals surface area contributed by atoms with Gasteiger partial charge in [0.05, 0.1) is 18.8 Å². The van der Waals surface area contributed by atoms with Crippen molar-refractivity contribution < 1.29 is 37.0 Å². The van der Waals surface area contributed by atoms with Crippen molar-refractivity contribution in [1.82, 2.24) is 9.88 Å². The van der Waals surface area contributed by atoms with Crippen molar-refractivity contribution in [3.05, 3.63) is 89.2 Å². The van der Waals surface area contributed by atoms with Crippen molar-refractivity contribution in [2.45, 2.75) is 39.4 Å². The molecule has 0 bridgehead atoms. The molecule has 0 saturated heterocycles. The number of halogens is 3. The summed E-state index contributed by atoms with van der Waals surface area (Å²) >= 11 is 0. The van der Waals surface area contributed by atoms with Crippen LogP contribution in [-0.2, 0) is 35.1 Å². The Balaban J connectivity index is 1.62. The van der Waals surface area contributed by atoms with Crippen LogP contribution in [0.25, 0.3) is 0 Å². The number of benzene rings is 2. The van der Waals surface area contributed by atoms with Gasteiger partial charge in [-0.3, -0.25) is 14.7 Å². The van der Waals surface area contributed by atoms with Gasteiger partial charge in [-0.1, -0.05) is 31.2 Å². The standard InChI is InChI=1S/C28H29F3N2O5/c1-3-20-8-11-23(32-17-20)14-15-37-24-12-9-21(10-13-24)18-33(19-26(34)36-4-2)27(35)38-25-7-5-6-22(16-25)28(29,30)31/h5-13,16-17H,3-4,14-15,18-19H2,1-2H3. The number of rotatable bonds is 11. The second kappa shape index (κ2) is 13.5. The molecule has 38 heavy (non-hydrogen) atoms. The summed E-state index contributed by atoms with van der Waals surface area (Å²) < 4.78 is 54.9. The van der Waals surface area contributed by atoms with Gasteiger partial charge in [-0.2, -0.15) is 13.2 Å². The molecular formula is C28H29F3N2O5. The Morgan fingerprint density at radius 2 is 1.68 bits per heavy atom. The van der Waals surface area contributed by atoms with Crippen molar-refractivity contribution >= 4 is 12.1 Å².